The smallest absolute Gasteiger partial charge is 0.267 e. The average Bonchev–Trinajstić information content (AvgIpc) is 2.46. The van der Waals surface area contributed by atoms with Crippen molar-refractivity contribution in [3.63, 3.8) is 0 Å². The Morgan fingerprint density at radius 3 is 2.68 bits per heavy atom. The van der Waals surface area contributed by atoms with Gasteiger partial charge in [-0.05, 0) is 41.5 Å². The Hall–Kier alpha value is -1.76. The molecule has 102 valence electrons. The number of nitrogens with one attached hydrogen (secondary N) is 1. The van der Waals surface area contributed by atoms with Crippen molar-refractivity contribution in [1.82, 2.24) is 5.48 Å². The Labute approximate surface area is 114 Å². The van der Waals surface area contributed by atoms with E-state index >= 15 is 0 Å². The summed E-state index contributed by atoms with van der Waals surface area (Å²) in [7, 11) is 1.57. The Morgan fingerprint density at radius 2 is 2.11 bits per heavy atom. The van der Waals surface area contributed by atoms with Crippen LogP contribution in [0.5, 0.6) is 5.75 Å². The first-order valence-electron chi connectivity index (χ1n) is 5.47. The van der Waals surface area contributed by atoms with Crippen molar-refractivity contribution in [2.75, 3.05) is 12.9 Å². The van der Waals surface area contributed by atoms with Crippen LogP contribution in [0, 0.1) is 0 Å². The normalized spacial score (nSPS) is 12.8. The number of methoxy groups -OCH3 is 1. The summed E-state index contributed by atoms with van der Waals surface area (Å²) in [5, 5.41) is 8.24. The number of allylic oxidation sites excluding steroid dienone is 2. The minimum atomic E-state index is -1.14. The van der Waals surface area contributed by atoms with Gasteiger partial charge in [-0.15, -0.1) is 0 Å². The van der Waals surface area contributed by atoms with Crippen molar-refractivity contribution in [2.24, 2.45) is 0 Å². The summed E-state index contributed by atoms with van der Waals surface area (Å²) < 4.78 is 16.9. The number of carbonyl (C=O) groups excluding carboxylic acids is 1. The monoisotopic (exact) mass is 281 g/mol. The summed E-state index contributed by atoms with van der Waals surface area (Å²) in [5.74, 6) is 0.451. The van der Waals surface area contributed by atoms with Gasteiger partial charge < -0.3 is 9.29 Å². The predicted octanol–water partition coefficient (Wildman–Crippen LogP) is 1.42. The van der Waals surface area contributed by atoms with Gasteiger partial charge >= 0.3 is 0 Å². The number of hydroxylamine groups is 1. The number of ether oxygens (including phenoxy) is 1. The molecule has 1 rings (SSSR count). The summed E-state index contributed by atoms with van der Waals surface area (Å²) in [6.45, 7) is 0. The third kappa shape index (κ3) is 5.60. The maximum absolute atomic E-state index is 11.9. The second kappa shape index (κ2) is 8.36. The molecule has 0 radical (unpaired) electrons. The van der Waals surface area contributed by atoms with Crippen LogP contribution in [-0.2, 0) is 16.0 Å². The van der Waals surface area contributed by atoms with Crippen molar-refractivity contribution in [1.29, 1.82) is 0 Å². The highest BCUT2D eigenvalue weighted by Gasteiger charge is 2.07. The summed E-state index contributed by atoms with van der Waals surface area (Å²) >= 11 is -1.14. The number of hydrogen-bond donors (Lipinski definition) is 2. The van der Waals surface area contributed by atoms with Gasteiger partial charge in [0, 0.05) is 6.08 Å². The Balaban J connectivity index is 2.46. The fourth-order valence-corrected chi connectivity index (χ4v) is 2.14. The third-order valence-corrected chi connectivity index (χ3v) is 3.47. The van der Waals surface area contributed by atoms with E-state index in [0.29, 0.717) is 16.4 Å². The van der Waals surface area contributed by atoms with Crippen LogP contribution in [0.1, 0.15) is 0 Å². The van der Waals surface area contributed by atoms with Gasteiger partial charge in [-0.25, -0.2) is 5.48 Å². The molecule has 6 heteroatoms. The van der Waals surface area contributed by atoms with E-state index in [1.807, 2.05) is 0 Å². The molecule has 1 aromatic carbocycles. The van der Waals surface area contributed by atoms with Crippen LogP contribution in [0.25, 0.3) is 0 Å². The zero-order valence-electron chi connectivity index (χ0n) is 10.4. The molecule has 0 aliphatic rings. The van der Waals surface area contributed by atoms with Crippen molar-refractivity contribution in [3.05, 3.63) is 48.6 Å². The van der Waals surface area contributed by atoms with E-state index in [4.69, 9.17) is 9.94 Å². The second-order valence-corrected chi connectivity index (χ2v) is 4.95. The first-order valence-corrected chi connectivity index (χ1v) is 6.79. The van der Waals surface area contributed by atoms with Gasteiger partial charge in [-0.2, -0.15) is 0 Å². The van der Waals surface area contributed by atoms with E-state index in [1.54, 1.807) is 43.5 Å². The summed E-state index contributed by atoms with van der Waals surface area (Å²) in [4.78, 5) is 11.3. The standard InChI is InChI=1S/C13H15NO4S/c1-18-11-6-8-12(9-7-11)19(17)10-4-2-3-5-13(15)14-16/h2-9,16H,10H2,1H3,(H,14,15)/b4-2+,5-3+. The Kier molecular flexibility index (Phi) is 6.73. The van der Waals surface area contributed by atoms with Gasteiger partial charge in [0.1, 0.15) is 11.5 Å². The van der Waals surface area contributed by atoms with Crippen LogP contribution in [0.4, 0.5) is 0 Å². The lowest BCUT2D eigenvalue weighted by atomic mass is 10.3. The largest absolute Gasteiger partial charge is 0.611 e. The fourth-order valence-electron chi connectivity index (χ4n) is 1.23. The molecule has 0 heterocycles. The number of rotatable bonds is 6. The van der Waals surface area contributed by atoms with E-state index in [-0.39, 0.29) is 0 Å². The van der Waals surface area contributed by atoms with Crippen molar-refractivity contribution in [2.45, 2.75) is 4.90 Å². The van der Waals surface area contributed by atoms with Crippen LogP contribution >= 0.6 is 0 Å². The Bertz CT molecular complexity index is 456. The second-order valence-electron chi connectivity index (χ2n) is 3.45. The number of hydrogen-bond acceptors (Lipinski definition) is 4. The summed E-state index contributed by atoms with van der Waals surface area (Å²) in [5.41, 5.74) is 1.47. The molecular formula is C13H15NO4S. The van der Waals surface area contributed by atoms with Crippen LogP contribution in [0.3, 0.4) is 0 Å². The van der Waals surface area contributed by atoms with Gasteiger partial charge in [-0.3, -0.25) is 10.0 Å². The molecule has 0 aliphatic carbocycles. The van der Waals surface area contributed by atoms with E-state index in [1.165, 1.54) is 11.6 Å². The molecule has 0 saturated heterocycles. The van der Waals surface area contributed by atoms with E-state index < -0.39 is 17.1 Å². The van der Waals surface area contributed by atoms with Crippen LogP contribution < -0.4 is 10.2 Å². The maximum atomic E-state index is 11.9. The zero-order valence-corrected chi connectivity index (χ0v) is 11.2. The van der Waals surface area contributed by atoms with Crippen LogP contribution in [0.2, 0.25) is 0 Å². The molecule has 19 heavy (non-hydrogen) atoms. The molecule has 0 aliphatic heterocycles. The first kappa shape index (κ1) is 15.3. The van der Waals surface area contributed by atoms with Gasteiger partial charge in [0.15, 0.2) is 4.90 Å². The zero-order chi connectivity index (χ0) is 14.1. The van der Waals surface area contributed by atoms with E-state index in [9.17, 15) is 9.35 Å². The molecule has 1 unspecified atom stereocenters. The Morgan fingerprint density at radius 1 is 1.42 bits per heavy atom. The summed E-state index contributed by atoms with van der Waals surface area (Å²) in [6.07, 6.45) is 5.89. The predicted molar refractivity (Wildman–Crippen MR) is 72.5 cm³/mol. The number of amides is 1. The lowest BCUT2D eigenvalue weighted by Gasteiger charge is -2.08. The van der Waals surface area contributed by atoms with Crippen molar-refractivity contribution >= 4 is 17.1 Å². The van der Waals surface area contributed by atoms with E-state index in [0.717, 1.165) is 6.08 Å². The molecule has 5 nitrogen and oxygen atoms in total. The minimum Gasteiger partial charge on any atom is -0.611 e. The topological polar surface area (TPSA) is 81.6 Å². The molecule has 0 aromatic heterocycles. The third-order valence-electron chi connectivity index (χ3n) is 2.17. The average molecular weight is 281 g/mol. The van der Waals surface area contributed by atoms with Gasteiger partial charge in [0.2, 0.25) is 0 Å². The molecule has 1 amide bonds. The SMILES string of the molecule is COc1ccc([S+]([O-])C/C=C/C=C/C(=O)NO)cc1. The lowest BCUT2D eigenvalue weighted by Crippen LogP contribution is -2.14. The van der Waals surface area contributed by atoms with Gasteiger partial charge in [0.25, 0.3) is 5.91 Å². The van der Waals surface area contributed by atoms with Crippen LogP contribution in [0.15, 0.2) is 53.5 Å². The molecule has 1 atom stereocenters. The number of carbonyl (C=O) groups is 1. The van der Waals surface area contributed by atoms with Crippen molar-refractivity contribution < 1.29 is 19.3 Å². The van der Waals surface area contributed by atoms with Gasteiger partial charge in [-0.1, -0.05) is 12.2 Å². The minimum absolute atomic E-state index is 0.345. The highest BCUT2D eigenvalue weighted by molar-refractivity contribution is 7.91. The summed E-state index contributed by atoms with van der Waals surface area (Å²) in [6, 6.07) is 7.00. The molecule has 0 fully saturated rings. The highest BCUT2D eigenvalue weighted by atomic mass is 32.2. The molecule has 0 spiro atoms. The molecule has 0 saturated carbocycles. The van der Waals surface area contributed by atoms with Crippen LogP contribution in [-0.4, -0.2) is 28.5 Å². The van der Waals surface area contributed by atoms with Gasteiger partial charge in [0.05, 0.1) is 7.11 Å². The molecule has 1 aromatic rings. The first-order chi connectivity index (χ1) is 9.17. The fraction of sp³-hybridized carbons (Fsp3) is 0.154. The molecule has 2 N–H and O–H groups in total. The van der Waals surface area contributed by atoms with E-state index in [2.05, 4.69) is 0 Å². The van der Waals surface area contributed by atoms with Crippen molar-refractivity contribution in [3.8, 4) is 5.75 Å². The molecular weight excluding hydrogens is 266 g/mol. The molecule has 0 bridgehead atoms. The number of benzene rings is 1. The maximum Gasteiger partial charge on any atom is 0.267 e. The lowest BCUT2D eigenvalue weighted by molar-refractivity contribution is -0.124. The quantitative estimate of drug-likeness (QED) is 0.272. The highest BCUT2D eigenvalue weighted by Crippen LogP contribution is 2.16.